The van der Waals surface area contributed by atoms with Crippen molar-refractivity contribution in [1.82, 2.24) is 0 Å². The molecular formula is C17H28. The zero-order valence-electron chi connectivity index (χ0n) is 12.1. The minimum atomic E-state index is 0.364. The molecule has 2 rings (SSSR count). The van der Waals surface area contributed by atoms with Gasteiger partial charge >= 0.3 is 0 Å². The van der Waals surface area contributed by atoms with Gasteiger partial charge in [0, 0.05) is 0 Å². The molecule has 0 aromatic carbocycles. The van der Waals surface area contributed by atoms with Crippen molar-refractivity contribution in [3.63, 3.8) is 0 Å². The van der Waals surface area contributed by atoms with E-state index in [2.05, 4.69) is 33.8 Å². The maximum absolute atomic E-state index is 2.54. The van der Waals surface area contributed by atoms with Gasteiger partial charge < -0.3 is 0 Å². The molecule has 96 valence electrons. The van der Waals surface area contributed by atoms with Crippen LogP contribution in [0, 0.1) is 11.3 Å². The Kier molecular flexibility index (Phi) is 3.80. The van der Waals surface area contributed by atoms with E-state index >= 15 is 0 Å². The van der Waals surface area contributed by atoms with E-state index < -0.39 is 0 Å². The van der Waals surface area contributed by atoms with E-state index in [4.69, 9.17) is 0 Å². The van der Waals surface area contributed by atoms with Crippen LogP contribution in [0.2, 0.25) is 0 Å². The lowest BCUT2D eigenvalue weighted by atomic mass is 9.82. The van der Waals surface area contributed by atoms with Crippen molar-refractivity contribution in [1.29, 1.82) is 0 Å². The Morgan fingerprint density at radius 1 is 1.24 bits per heavy atom. The molecule has 2 aliphatic rings. The van der Waals surface area contributed by atoms with Gasteiger partial charge in [-0.25, -0.2) is 0 Å². The van der Waals surface area contributed by atoms with Crippen LogP contribution < -0.4 is 0 Å². The Morgan fingerprint density at radius 2 is 2.00 bits per heavy atom. The highest BCUT2D eigenvalue weighted by atomic mass is 14.3. The molecule has 0 aliphatic heterocycles. The van der Waals surface area contributed by atoms with Gasteiger partial charge in [0.2, 0.25) is 0 Å². The first kappa shape index (κ1) is 12.9. The summed E-state index contributed by atoms with van der Waals surface area (Å²) in [4.78, 5) is 0. The smallest absolute Gasteiger partial charge is 0.00914 e. The summed E-state index contributed by atoms with van der Waals surface area (Å²) < 4.78 is 0. The van der Waals surface area contributed by atoms with Crippen molar-refractivity contribution < 1.29 is 0 Å². The van der Waals surface area contributed by atoms with Crippen LogP contribution in [0.1, 0.15) is 72.6 Å². The minimum absolute atomic E-state index is 0.364. The Hall–Kier alpha value is -0.520. The zero-order valence-corrected chi connectivity index (χ0v) is 12.1. The molecule has 0 aromatic rings. The molecule has 0 N–H and O–H groups in total. The fourth-order valence-electron chi connectivity index (χ4n) is 3.34. The molecule has 0 radical (unpaired) electrons. The SMILES string of the molecule is CCCC1CCCCC2=C1CC(C(C)(C)C)=C2. The molecule has 0 amide bonds. The summed E-state index contributed by atoms with van der Waals surface area (Å²) in [5, 5.41) is 0. The highest BCUT2D eigenvalue weighted by Gasteiger charge is 2.29. The normalized spacial score (nSPS) is 25.6. The summed E-state index contributed by atoms with van der Waals surface area (Å²) in [6.45, 7) is 9.41. The quantitative estimate of drug-likeness (QED) is 0.577. The molecule has 0 bridgehead atoms. The Morgan fingerprint density at radius 3 is 2.65 bits per heavy atom. The largest absolute Gasteiger partial charge is 0.0654 e. The minimum Gasteiger partial charge on any atom is -0.0654 e. The maximum Gasteiger partial charge on any atom is -0.00914 e. The van der Waals surface area contributed by atoms with Crippen LogP contribution >= 0.6 is 0 Å². The number of hydrogen-bond donors (Lipinski definition) is 0. The van der Waals surface area contributed by atoms with Crippen molar-refractivity contribution in [3.05, 3.63) is 22.8 Å². The summed E-state index contributed by atoms with van der Waals surface area (Å²) in [6, 6.07) is 0. The lowest BCUT2D eigenvalue weighted by molar-refractivity contribution is 0.462. The summed E-state index contributed by atoms with van der Waals surface area (Å²) >= 11 is 0. The molecule has 0 nitrogen and oxygen atoms in total. The summed E-state index contributed by atoms with van der Waals surface area (Å²) in [5.74, 6) is 0.897. The van der Waals surface area contributed by atoms with E-state index in [-0.39, 0.29) is 0 Å². The second-order valence-electron chi connectivity index (χ2n) is 6.88. The second kappa shape index (κ2) is 5.00. The van der Waals surface area contributed by atoms with Gasteiger partial charge in [-0.2, -0.15) is 0 Å². The van der Waals surface area contributed by atoms with Gasteiger partial charge in [-0.1, -0.05) is 57.8 Å². The van der Waals surface area contributed by atoms with Crippen LogP contribution in [-0.4, -0.2) is 0 Å². The molecule has 0 aromatic heterocycles. The lowest BCUT2D eigenvalue weighted by Crippen LogP contribution is -2.10. The third-order valence-corrected chi connectivity index (χ3v) is 4.48. The highest BCUT2D eigenvalue weighted by Crippen LogP contribution is 2.45. The number of rotatable bonds is 2. The van der Waals surface area contributed by atoms with Crippen LogP contribution in [0.3, 0.4) is 0 Å². The monoisotopic (exact) mass is 232 g/mol. The van der Waals surface area contributed by atoms with Crippen LogP contribution in [0.4, 0.5) is 0 Å². The molecule has 0 heteroatoms. The van der Waals surface area contributed by atoms with Gasteiger partial charge in [0.15, 0.2) is 0 Å². The van der Waals surface area contributed by atoms with Gasteiger partial charge in [-0.05, 0) is 49.0 Å². The van der Waals surface area contributed by atoms with Crippen molar-refractivity contribution in [3.8, 4) is 0 Å². The lowest BCUT2D eigenvalue weighted by Gasteiger charge is -2.23. The van der Waals surface area contributed by atoms with Gasteiger partial charge in [0.1, 0.15) is 0 Å². The van der Waals surface area contributed by atoms with Gasteiger partial charge in [-0.15, -0.1) is 0 Å². The number of hydrogen-bond acceptors (Lipinski definition) is 0. The van der Waals surface area contributed by atoms with E-state index in [1.165, 1.54) is 44.9 Å². The summed E-state index contributed by atoms with van der Waals surface area (Å²) in [5.41, 5.74) is 5.56. The first-order valence-corrected chi connectivity index (χ1v) is 7.45. The molecule has 1 atom stereocenters. The van der Waals surface area contributed by atoms with Gasteiger partial charge in [0.25, 0.3) is 0 Å². The van der Waals surface area contributed by atoms with Crippen LogP contribution in [0.15, 0.2) is 22.8 Å². The van der Waals surface area contributed by atoms with Crippen LogP contribution in [0.5, 0.6) is 0 Å². The van der Waals surface area contributed by atoms with E-state index in [0.29, 0.717) is 5.41 Å². The molecule has 0 spiro atoms. The van der Waals surface area contributed by atoms with Crippen LogP contribution in [-0.2, 0) is 0 Å². The standard InChI is InChI=1S/C17H28/c1-5-8-13-9-6-7-10-14-11-15(12-16(13)14)17(2,3)4/h11,13H,5-10,12H2,1-4H3. The predicted molar refractivity (Wildman–Crippen MR) is 76.0 cm³/mol. The zero-order chi connectivity index (χ0) is 12.5. The number of allylic oxidation sites excluding steroid dienone is 4. The van der Waals surface area contributed by atoms with Crippen molar-refractivity contribution in [2.24, 2.45) is 11.3 Å². The average Bonchev–Trinajstić information content (AvgIpc) is 2.59. The van der Waals surface area contributed by atoms with E-state index in [1.54, 1.807) is 11.1 Å². The molecule has 2 aliphatic carbocycles. The molecule has 0 saturated heterocycles. The maximum atomic E-state index is 2.54. The third kappa shape index (κ3) is 2.84. The van der Waals surface area contributed by atoms with Crippen molar-refractivity contribution >= 4 is 0 Å². The molecule has 1 unspecified atom stereocenters. The summed E-state index contributed by atoms with van der Waals surface area (Å²) in [7, 11) is 0. The Balaban J connectivity index is 2.18. The first-order valence-electron chi connectivity index (χ1n) is 7.45. The second-order valence-corrected chi connectivity index (χ2v) is 6.88. The van der Waals surface area contributed by atoms with Crippen molar-refractivity contribution in [2.75, 3.05) is 0 Å². The van der Waals surface area contributed by atoms with Crippen molar-refractivity contribution in [2.45, 2.75) is 72.6 Å². The topological polar surface area (TPSA) is 0 Å². The fraction of sp³-hybridized carbons (Fsp3) is 0.765. The molecule has 0 heterocycles. The third-order valence-electron chi connectivity index (χ3n) is 4.48. The Labute approximate surface area is 107 Å². The fourth-order valence-corrected chi connectivity index (χ4v) is 3.34. The highest BCUT2D eigenvalue weighted by molar-refractivity contribution is 5.42. The van der Waals surface area contributed by atoms with E-state index in [9.17, 15) is 0 Å². The van der Waals surface area contributed by atoms with Gasteiger partial charge in [-0.3, -0.25) is 0 Å². The molecule has 0 saturated carbocycles. The molecular weight excluding hydrogens is 204 g/mol. The predicted octanol–water partition coefficient (Wildman–Crippen LogP) is 5.65. The summed E-state index contributed by atoms with van der Waals surface area (Å²) in [6.07, 6.45) is 12.2. The molecule has 0 fully saturated rings. The average molecular weight is 232 g/mol. The van der Waals surface area contributed by atoms with Crippen LogP contribution in [0.25, 0.3) is 0 Å². The first-order chi connectivity index (χ1) is 8.02. The van der Waals surface area contributed by atoms with E-state index in [1.807, 2.05) is 5.57 Å². The van der Waals surface area contributed by atoms with E-state index in [0.717, 1.165) is 5.92 Å². The Bertz CT molecular complexity index is 336. The molecule has 17 heavy (non-hydrogen) atoms. The van der Waals surface area contributed by atoms with Gasteiger partial charge in [0.05, 0.1) is 0 Å².